The van der Waals surface area contributed by atoms with Crippen LogP contribution in [0.25, 0.3) is 11.0 Å². The molecule has 0 atom stereocenters. The van der Waals surface area contributed by atoms with Gasteiger partial charge in [0.1, 0.15) is 5.52 Å². The minimum atomic E-state index is -4.52. The molecule has 0 radical (unpaired) electrons. The molecule has 2 aromatic carbocycles. The Kier molecular flexibility index (Phi) is 6.17. The molecule has 33 heavy (non-hydrogen) atoms. The summed E-state index contributed by atoms with van der Waals surface area (Å²) in [5.41, 5.74) is 0.641. The van der Waals surface area contributed by atoms with E-state index in [1.54, 1.807) is 29.2 Å². The lowest BCUT2D eigenvalue weighted by Gasteiger charge is -2.30. The number of benzene rings is 2. The molecule has 0 aliphatic carbocycles. The van der Waals surface area contributed by atoms with Gasteiger partial charge in [0.15, 0.2) is 0 Å². The first-order valence-electron chi connectivity index (χ1n) is 10.4. The number of likely N-dealkylation sites (tertiary alicyclic amines) is 1. The number of alkyl halides is 3. The third kappa shape index (κ3) is 5.05. The molecule has 7 nitrogen and oxygen atoms in total. The zero-order valence-electron chi connectivity index (χ0n) is 17.5. The van der Waals surface area contributed by atoms with Gasteiger partial charge in [-0.15, -0.1) is 0 Å². The zero-order valence-corrected chi connectivity index (χ0v) is 17.5. The number of nitrogens with zero attached hydrogens (tertiary/aromatic N) is 3. The second-order valence-corrected chi connectivity index (χ2v) is 7.87. The topological polar surface area (TPSA) is 95.4 Å². The second-order valence-electron chi connectivity index (χ2n) is 7.87. The Hall–Kier alpha value is -3.69. The molecule has 1 fully saturated rings. The van der Waals surface area contributed by atoms with Crippen molar-refractivity contribution in [1.82, 2.24) is 14.9 Å². The number of carboxylic acids is 1. The number of aliphatic carboxylic acids is 1. The lowest BCUT2D eigenvalue weighted by Crippen LogP contribution is -2.40. The van der Waals surface area contributed by atoms with Gasteiger partial charge >= 0.3 is 12.1 Å². The number of nitrogens with one attached hydrogen (secondary N) is 1. The van der Waals surface area contributed by atoms with Gasteiger partial charge in [0.05, 0.1) is 35.4 Å². The highest BCUT2D eigenvalue weighted by Crippen LogP contribution is 2.33. The summed E-state index contributed by atoms with van der Waals surface area (Å²) in [6, 6.07) is 10.5. The fraction of sp³-hybridized carbons (Fsp3) is 0.304. The number of piperidine rings is 1. The first kappa shape index (κ1) is 22.5. The van der Waals surface area contributed by atoms with Crippen molar-refractivity contribution in [2.24, 2.45) is 5.92 Å². The molecule has 0 spiro atoms. The highest BCUT2D eigenvalue weighted by molar-refractivity contribution is 5.94. The van der Waals surface area contributed by atoms with E-state index >= 15 is 0 Å². The number of aromatic nitrogens is 2. The van der Waals surface area contributed by atoms with Gasteiger partial charge in [0, 0.05) is 24.3 Å². The Bertz CT molecular complexity index is 1170. The molecule has 1 aliphatic rings. The molecular weight excluding hydrogens is 437 g/mol. The van der Waals surface area contributed by atoms with E-state index in [0.29, 0.717) is 42.9 Å². The van der Waals surface area contributed by atoms with Crippen LogP contribution in [0.2, 0.25) is 0 Å². The maximum Gasteiger partial charge on any atom is 0.418 e. The Balaban J connectivity index is 1.40. The van der Waals surface area contributed by atoms with Gasteiger partial charge in [-0.25, -0.2) is 4.98 Å². The average molecular weight is 458 g/mol. The van der Waals surface area contributed by atoms with E-state index in [0.717, 1.165) is 6.07 Å². The largest absolute Gasteiger partial charge is 0.481 e. The molecule has 1 saturated heterocycles. The number of hydrogen-bond donors (Lipinski definition) is 2. The van der Waals surface area contributed by atoms with Gasteiger partial charge in [0.25, 0.3) is 5.91 Å². The minimum absolute atomic E-state index is 0.158. The molecule has 172 valence electrons. The smallest absolute Gasteiger partial charge is 0.418 e. The van der Waals surface area contributed by atoms with E-state index in [1.807, 2.05) is 0 Å². The third-order valence-corrected chi connectivity index (χ3v) is 5.67. The van der Waals surface area contributed by atoms with Crippen molar-refractivity contribution in [3.8, 4) is 0 Å². The molecule has 0 bridgehead atoms. The molecule has 0 saturated carbocycles. The lowest BCUT2D eigenvalue weighted by molar-refractivity contribution is -0.143. The number of carboxylic acid groups (broad SMARTS) is 1. The van der Waals surface area contributed by atoms with Crippen LogP contribution < -0.4 is 5.32 Å². The van der Waals surface area contributed by atoms with Crippen molar-refractivity contribution in [1.29, 1.82) is 0 Å². The number of halogens is 3. The summed E-state index contributed by atoms with van der Waals surface area (Å²) < 4.78 is 39.8. The van der Waals surface area contributed by atoms with E-state index in [2.05, 4.69) is 15.3 Å². The number of rotatable bonds is 5. The van der Waals surface area contributed by atoms with Gasteiger partial charge in [0.2, 0.25) is 0 Å². The highest BCUT2D eigenvalue weighted by atomic mass is 19.4. The summed E-state index contributed by atoms with van der Waals surface area (Å²) in [7, 11) is 0. The average Bonchev–Trinajstić information content (AvgIpc) is 2.81. The molecule has 10 heteroatoms. The molecule has 1 aliphatic heterocycles. The van der Waals surface area contributed by atoms with Crippen LogP contribution in [0.5, 0.6) is 0 Å². The van der Waals surface area contributed by atoms with Crippen LogP contribution in [0.4, 0.5) is 18.9 Å². The van der Waals surface area contributed by atoms with E-state index in [1.165, 1.54) is 18.3 Å². The van der Waals surface area contributed by atoms with Gasteiger partial charge in [-0.1, -0.05) is 6.07 Å². The monoisotopic (exact) mass is 458 g/mol. The number of carbonyl (C=O) groups excluding carboxylic acids is 1. The SMILES string of the molecule is O=C(O)C1CCN(C(=O)c2ccc(NCc3cnc4cccc(C(F)(F)F)c4n3)cc2)CC1. The number of anilines is 1. The fourth-order valence-corrected chi connectivity index (χ4v) is 3.82. The number of para-hydroxylation sites is 1. The molecule has 2 heterocycles. The Morgan fingerprint density at radius 3 is 2.42 bits per heavy atom. The predicted octanol–water partition coefficient (Wildman–Crippen LogP) is 4.20. The predicted molar refractivity (Wildman–Crippen MR) is 115 cm³/mol. The number of fused-ring (bicyclic) bond motifs is 1. The maximum absolute atomic E-state index is 13.3. The third-order valence-electron chi connectivity index (χ3n) is 5.67. The van der Waals surface area contributed by atoms with E-state index in [9.17, 15) is 22.8 Å². The van der Waals surface area contributed by atoms with Gasteiger partial charge in [-0.3, -0.25) is 14.6 Å². The fourth-order valence-electron chi connectivity index (χ4n) is 3.82. The van der Waals surface area contributed by atoms with Crippen LogP contribution in [0, 0.1) is 5.92 Å². The van der Waals surface area contributed by atoms with Crippen LogP contribution in [0.1, 0.15) is 34.5 Å². The summed E-state index contributed by atoms with van der Waals surface area (Å²) >= 11 is 0. The summed E-state index contributed by atoms with van der Waals surface area (Å²) in [5.74, 6) is -1.40. The standard InChI is InChI=1S/C23H21F3N4O3/c24-23(25,26)18-2-1-3-19-20(18)29-17(13-28-19)12-27-16-6-4-14(5-7-16)21(31)30-10-8-15(9-11-30)22(32)33/h1-7,13,15,27H,8-12H2,(H,32,33). The highest BCUT2D eigenvalue weighted by Gasteiger charge is 2.33. The van der Waals surface area contributed by atoms with Crippen LogP contribution >= 0.6 is 0 Å². The molecular formula is C23H21F3N4O3. The van der Waals surface area contributed by atoms with E-state index < -0.39 is 23.6 Å². The molecule has 4 rings (SSSR count). The van der Waals surface area contributed by atoms with Crippen molar-refractivity contribution >= 4 is 28.6 Å². The summed E-state index contributed by atoms with van der Waals surface area (Å²) in [4.78, 5) is 33.6. The van der Waals surface area contributed by atoms with Crippen molar-refractivity contribution in [2.45, 2.75) is 25.6 Å². The van der Waals surface area contributed by atoms with Crippen LogP contribution in [-0.4, -0.2) is 44.9 Å². The number of carbonyl (C=O) groups is 2. The summed E-state index contributed by atoms with van der Waals surface area (Å²) in [5, 5.41) is 12.1. The molecule has 1 aromatic heterocycles. The summed E-state index contributed by atoms with van der Waals surface area (Å²) in [6.07, 6.45) is -2.23. The van der Waals surface area contributed by atoms with Crippen LogP contribution in [0.3, 0.4) is 0 Å². The molecule has 3 aromatic rings. The molecule has 0 unspecified atom stereocenters. The van der Waals surface area contributed by atoms with Gasteiger partial charge in [-0.2, -0.15) is 13.2 Å². The second kappa shape index (κ2) is 9.05. The normalized spacial score (nSPS) is 14.9. The number of amides is 1. The van der Waals surface area contributed by atoms with Gasteiger partial charge < -0.3 is 15.3 Å². The van der Waals surface area contributed by atoms with Crippen LogP contribution in [-0.2, 0) is 17.5 Å². The number of hydrogen-bond acceptors (Lipinski definition) is 5. The van der Waals surface area contributed by atoms with Crippen molar-refractivity contribution in [2.75, 3.05) is 18.4 Å². The molecule has 1 amide bonds. The Morgan fingerprint density at radius 2 is 1.79 bits per heavy atom. The first-order chi connectivity index (χ1) is 15.7. The van der Waals surface area contributed by atoms with Crippen molar-refractivity contribution in [3.63, 3.8) is 0 Å². The van der Waals surface area contributed by atoms with E-state index in [4.69, 9.17) is 5.11 Å². The summed E-state index contributed by atoms with van der Waals surface area (Å²) in [6.45, 7) is 0.956. The molecule has 2 N–H and O–H groups in total. The Labute approximate surface area is 187 Å². The zero-order chi connectivity index (χ0) is 23.6. The minimum Gasteiger partial charge on any atom is -0.481 e. The maximum atomic E-state index is 13.3. The Morgan fingerprint density at radius 1 is 1.09 bits per heavy atom. The van der Waals surface area contributed by atoms with Crippen molar-refractivity contribution < 1.29 is 27.9 Å². The van der Waals surface area contributed by atoms with E-state index in [-0.39, 0.29) is 23.5 Å². The van der Waals surface area contributed by atoms with Crippen molar-refractivity contribution in [3.05, 3.63) is 65.5 Å². The lowest BCUT2D eigenvalue weighted by atomic mass is 9.96. The van der Waals surface area contributed by atoms with Gasteiger partial charge in [-0.05, 0) is 49.2 Å². The van der Waals surface area contributed by atoms with Crippen LogP contribution in [0.15, 0.2) is 48.7 Å². The first-order valence-corrected chi connectivity index (χ1v) is 10.4. The quantitative estimate of drug-likeness (QED) is 0.595.